The van der Waals surface area contributed by atoms with Crippen molar-refractivity contribution < 1.29 is 22.7 Å². The zero-order valence-electron chi connectivity index (χ0n) is 18.4. The Morgan fingerprint density at radius 3 is 2.21 bits per heavy atom. The van der Waals surface area contributed by atoms with Crippen molar-refractivity contribution in [1.29, 1.82) is 0 Å². The molecule has 3 aromatic carbocycles. The van der Waals surface area contributed by atoms with Crippen molar-refractivity contribution in [2.45, 2.75) is 24.2 Å². The van der Waals surface area contributed by atoms with Crippen LogP contribution >= 0.6 is 0 Å². The van der Waals surface area contributed by atoms with Crippen LogP contribution in [-0.2, 0) is 10.0 Å². The number of benzene rings is 3. The summed E-state index contributed by atoms with van der Waals surface area (Å²) in [5.74, 6) is 1.41. The lowest BCUT2D eigenvalue weighted by Gasteiger charge is -2.27. The number of hydrogen-bond acceptors (Lipinski definition) is 5. The third kappa shape index (κ3) is 5.46. The number of anilines is 1. The summed E-state index contributed by atoms with van der Waals surface area (Å²) in [5.41, 5.74) is 0.629. The van der Waals surface area contributed by atoms with Gasteiger partial charge in [0, 0.05) is 18.8 Å². The normalized spacial score (nSPS) is 13.9. The Labute approximate surface area is 194 Å². The highest BCUT2D eigenvalue weighted by atomic mass is 32.2. The largest absolute Gasteiger partial charge is 0.496 e. The lowest BCUT2D eigenvalue weighted by Crippen LogP contribution is -2.35. The van der Waals surface area contributed by atoms with Crippen LogP contribution in [0.4, 0.5) is 5.69 Å². The topological polar surface area (TPSA) is 84.9 Å². The summed E-state index contributed by atoms with van der Waals surface area (Å²) >= 11 is 0. The molecule has 1 fully saturated rings. The van der Waals surface area contributed by atoms with Gasteiger partial charge in [-0.05, 0) is 73.9 Å². The third-order valence-electron chi connectivity index (χ3n) is 5.44. The Balaban J connectivity index is 1.52. The number of carbonyl (C=O) groups excluding carboxylic acids is 1. The fourth-order valence-corrected chi connectivity index (χ4v) is 4.80. The summed E-state index contributed by atoms with van der Waals surface area (Å²) in [4.78, 5) is 14.8. The second-order valence-electron chi connectivity index (χ2n) is 7.76. The predicted octanol–water partition coefficient (Wildman–Crippen LogP) is 4.91. The van der Waals surface area contributed by atoms with Crippen LogP contribution in [0.2, 0.25) is 0 Å². The minimum Gasteiger partial charge on any atom is -0.496 e. The molecule has 4 rings (SSSR count). The molecule has 33 heavy (non-hydrogen) atoms. The fourth-order valence-electron chi connectivity index (χ4n) is 3.72. The average molecular weight is 467 g/mol. The van der Waals surface area contributed by atoms with E-state index < -0.39 is 10.0 Å². The van der Waals surface area contributed by atoms with Crippen LogP contribution in [0.1, 0.15) is 29.6 Å². The van der Waals surface area contributed by atoms with Crippen molar-refractivity contribution in [2.24, 2.45) is 0 Å². The van der Waals surface area contributed by atoms with Gasteiger partial charge in [-0.25, -0.2) is 8.42 Å². The van der Waals surface area contributed by atoms with Gasteiger partial charge in [0.15, 0.2) is 0 Å². The molecule has 0 radical (unpaired) electrons. The maximum absolute atomic E-state index is 13.0. The molecular weight excluding hydrogens is 440 g/mol. The average Bonchev–Trinajstić information content (AvgIpc) is 2.85. The summed E-state index contributed by atoms with van der Waals surface area (Å²) < 4.78 is 39.7. The van der Waals surface area contributed by atoms with E-state index in [0.717, 1.165) is 19.3 Å². The van der Waals surface area contributed by atoms with E-state index in [2.05, 4.69) is 4.72 Å². The zero-order chi connectivity index (χ0) is 23.3. The number of para-hydroxylation sites is 1. The van der Waals surface area contributed by atoms with Crippen LogP contribution in [0.25, 0.3) is 0 Å². The number of ether oxygens (including phenoxy) is 2. The van der Waals surface area contributed by atoms with Gasteiger partial charge in [0.2, 0.25) is 0 Å². The maximum atomic E-state index is 13.0. The number of nitrogens with one attached hydrogen (secondary N) is 1. The molecule has 1 heterocycles. The predicted molar refractivity (Wildman–Crippen MR) is 127 cm³/mol. The number of hydrogen-bond donors (Lipinski definition) is 1. The molecule has 7 nitrogen and oxygen atoms in total. The van der Waals surface area contributed by atoms with E-state index in [1.165, 1.54) is 25.3 Å². The Hall–Kier alpha value is -3.52. The molecular formula is C25H26N2O5S. The van der Waals surface area contributed by atoms with Gasteiger partial charge in [-0.3, -0.25) is 9.52 Å². The molecule has 3 aromatic rings. The molecule has 0 saturated carbocycles. The number of likely N-dealkylation sites (tertiary alicyclic amines) is 1. The molecule has 172 valence electrons. The molecule has 1 amide bonds. The summed E-state index contributed by atoms with van der Waals surface area (Å²) in [6.45, 7) is 1.32. The van der Waals surface area contributed by atoms with Gasteiger partial charge in [-0.15, -0.1) is 0 Å². The number of carbonyl (C=O) groups is 1. The number of piperidine rings is 1. The smallest absolute Gasteiger partial charge is 0.261 e. The van der Waals surface area contributed by atoms with E-state index in [1.54, 1.807) is 29.2 Å². The van der Waals surface area contributed by atoms with Crippen LogP contribution in [0, 0.1) is 0 Å². The maximum Gasteiger partial charge on any atom is 0.261 e. The fraction of sp³-hybridized carbons (Fsp3) is 0.240. The highest BCUT2D eigenvalue weighted by molar-refractivity contribution is 7.92. The zero-order valence-corrected chi connectivity index (χ0v) is 19.2. The highest BCUT2D eigenvalue weighted by Crippen LogP contribution is 2.28. The van der Waals surface area contributed by atoms with E-state index in [4.69, 9.17) is 9.47 Å². The molecule has 1 N–H and O–H groups in total. The lowest BCUT2D eigenvalue weighted by atomic mass is 10.1. The van der Waals surface area contributed by atoms with Crippen molar-refractivity contribution in [2.75, 3.05) is 24.9 Å². The van der Waals surface area contributed by atoms with E-state index in [-0.39, 0.29) is 16.4 Å². The third-order valence-corrected chi connectivity index (χ3v) is 6.82. The molecule has 0 spiro atoms. The molecule has 0 bridgehead atoms. The van der Waals surface area contributed by atoms with E-state index >= 15 is 0 Å². The molecule has 0 aromatic heterocycles. The van der Waals surface area contributed by atoms with E-state index in [1.807, 2.05) is 30.3 Å². The highest BCUT2D eigenvalue weighted by Gasteiger charge is 2.24. The Morgan fingerprint density at radius 2 is 1.55 bits per heavy atom. The van der Waals surface area contributed by atoms with Gasteiger partial charge >= 0.3 is 0 Å². The number of nitrogens with zero attached hydrogens (tertiary/aromatic N) is 1. The summed E-state index contributed by atoms with van der Waals surface area (Å²) in [5, 5.41) is 0. The first-order valence-corrected chi connectivity index (χ1v) is 12.3. The van der Waals surface area contributed by atoms with Gasteiger partial charge in [0.25, 0.3) is 15.9 Å². The second-order valence-corrected chi connectivity index (χ2v) is 9.44. The van der Waals surface area contributed by atoms with Gasteiger partial charge in [0.05, 0.1) is 17.6 Å². The Bertz CT molecular complexity index is 1210. The minimum atomic E-state index is -3.91. The molecule has 0 aliphatic carbocycles. The van der Waals surface area contributed by atoms with Crippen molar-refractivity contribution in [1.82, 2.24) is 4.90 Å². The van der Waals surface area contributed by atoms with Gasteiger partial charge in [-0.2, -0.15) is 0 Å². The second kappa shape index (κ2) is 9.95. The lowest BCUT2D eigenvalue weighted by molar-refractivity contribution is 0.0720. The molecule has 8 heteroatoms. The SMILES string of the molecule is COc1ccc(S(=O)(=O)Nc2ccc(Oc3ccccc3)cc2)cc1C(=O)N1CCCCC1. The van der Waals surface area contributed by atoms with E-state index in [9.17, 15) is 13.2 Å². The number of rotatable bonds is 7. The van der Waals surface area contributed by atoms with Crippen molar-refractivity contribution in [3.8, 4) is 17.2 Å². The first kappa shape index (κ1) is 22.7. The van der Waals surface area contributed by atoms with Crippen LogP contribution in [-0.4, -0.2) is 39.4 Å². The van der Waals surface area contributed by atoms with Crippen LogP contribution in [0.5, 0.6) is 17.2 Å². The quantitative estimate of drug-likeness (QED) is 0.535. The minimum absolute atomic E-state index is 0.00623. The van der Waals surface area contributed by atoms with Crippen molar-refractivity contribution >= 4 is 21.6 Å². The molecule has 1 aliphatic heterocycles. The number of amides is 1. The Kier molecular flexibility index (Phi) is 6.84. The van der Waals surface area contributed by atoms with Crippen molar-refractivity contribution in [3.63, 3.8) is 0 Å². The number of sulfonamides is 1. The van der Waals surface area contributed by atoms with Crippen LogP contribution < -0.4 is 14.2 Å². The van der Waals surface area contributed by atoms with Crippen molar-refractivity contribution in [3.05, 3.63) is 78.4 Å². The van der Waals surface area contributed by atoms with Crippen LogP contribution in [0.15, 0.2) is 77.7 Å². The monoisotopic (exact) mass is 466 g/mol. The van der Waals surface area contributed by atoms with Crippen LogP contribution in [0.3, 0.4) is 0 Å². The van der Waals surface area contributed by atoms with Gasteiger partial charge < -0.3 is 14.4 Å². The summed E-state index contributed by atoms with van der Waals surface area (Å²) in [6.07, 6.45) is 2.98. The molecule has 1 saturated heterocycles. The Morgan fingerprint density at radius 1 is 0.879 bits per heavy atom. The van der Waals surface area contributed by atoms with Gasteiger partial charge in [0.1, 0.15) is 17.2 Å². The first-order chi connectivity index (χ1) is 16.0. The molecule has 1 aliphatic rings. The summed E-state index contributed by atoms with van der Waals surface area (Å²) in [6, 6.07) is 20.3. The molecule has 0 atom stereocenters. The number of methoxy groups -OCH3 is 1. The standard InChI is InChI=1S/C25H26N2O5S/c1-31-24-15-14-22(18-23(24)25(28)27-16-6-3-7-17-27)33(29,30)26-19-10-12-21(13-11-19)32-20-8-4-2-5-9-20/h2,4-5,8-15,18,26H,3,6-7,16-17H2,1H3. The first-order valence-electron chi connectivity index (χ1n) is 10.8. The summed E-state index contributed by atoms with van der Waals surface area (Å²) in [7, 11) is -2.45. The van der Waals surface area contributed by atoms with Gasteiger partial charge in [-0.1, -0.05) is 18.2 Å². The molecule has 0 unspecified atom stereocenters. The van der Waals surface area contributed by atoms with E-state index in [0.29, 0.717) is 36.0 Å².